The molecule has 0 aliphatic carbocycles. The van der Waals surface area contributed by atoms with Gasteiger partial charge in [0.2, 0.25) is 10.0 Å². The number of benzene rings is 2. The minimum absolute atomic E-state index is 0.0459. The molecule has 0 unspecified atom stereocenters. The van der Waals surface area contributed by atoms with Gasteiger partial charge in [0.25, 0.3) is 5.91 Å². The molecule has 0 atom stereocenters. The maximum atomic E-state index is 13.6. The highest BCUT2D eigenvalue weighted by atomic mass is 35.5. The van der Waals surface area contributed by atoms with Gasteiger partial charge in [-0.15, -0.1) is 0 Å². The summed E-state index contributed by atoms with van der Waals surface area (Å²) in [7, 11) is -3.50. The van der Waals surface area contributed by atoms with Gasteiger partial charge in [0, 0.05) is 24.7 Å². The van der Waals surface area contributed by atoms with Crippen LogP contribution < -0.4 is 5.32 Å². The molecule has 0 bridgehead atoms. The first-order chi connectivity index (χ1) is 11.8. The van der Waals surface area contributed by atoms with E-state index in [0.717, 1.165) is 6.26 Å². The zero-order chi connectivity index (χ0) is 18.4. The molecule has 0 aliphatic rings. The molecule has 134 valence electrons. The highest BCUT2D eigenvalue weighted by Crippen LogP contribution is 2.18. The Morgan fingerprint density at radius 3 is 2.44 bits per heavy atom. The van der Waals surface area contributed by atoms with E-state index in [0.29, 0.717) is 10.6 Å². The van der Waals surface area contributed by atoms with E-state index in [9.17, 15) is 17.6 Å². The fraction of sp³-hybridized carbons (Fsp3) is 0.235. The first-order valence-corrected chi connectivity index (χ1v) is 9.73. The lowest BCUT2D eigenvalue weighted by Crippen LogP contribution is -2.38. The van der Waals surface area contributed by atoms with Crippen LogP contribution in [0.4, 0.5) is 4.39 Å². The predicted octanol–water partition coefficient (Wildman–Crippen LogP) is 2.67. The van der Waals surface area contributed by atoms with Gasteiger partial charge in [-0.2, -0.15) is 4.31 Å². The first-order valence-electron chi connectivity index (χ1n) is 7.50. The molecule has 0 heterocycles. The molecule has 0 saturated carbocycles. The topological polar surface area (TPSA) is 66.5 Å². The molecule has 0 saturated heterocycles. The maximum absolute atomic E-state index is 13.6. The summed E-state index contributed by atoms with van der Waals surface area (Å²) in [6, 6.07) is 12.5. The van der Waals surface area contributed by atoms with E-state index >= 15 is 0 Å². The predicted molar refractivity (Wildman–Crippen MR) is 95.4 cm³/mol. The third-order valence-corrected chi connectivity index (χ3v) is 5.16. The van der Waals surface area contributed by atoms with Crippen LogP contribution in [0.3, 0.4) is 0 Å². The highest BCUT2D eigenvalue weighted by molar-refractivity contribution is 7.88. The van der Waals surface area contributed by atoms with Gasteiger partial charge in [-0.25, -0.2) is 12.8 Å². The molecule has 0 spiro atoms. The fourth-order valence-electron chi connectivity index (χ4n) is 2.21. The second-order valence-electron chi connectivity index (χ2n) is 5.42. The van der Waals surface area contributed by atoms with Crippen LogP contribution in [0.2, 0.25) is 5.02 Å². The quantitative estimate of drug-likeness (QED) is 0.798. The largest absolute Gasteiger partial charge is 0.351 e. The number of sulfonamides is 1. The van der Waals surface area contributed by atoms with Crippen LogP contribution in [0.15, 0.2) is 48.5 Å². The Bertz CT molecular complexity index is 858. The molecule has 1 N–H and O–H groups in total. The van der Waals surface area contributed by atoms with Crippen molar-refractivity contribution >= 4 is 27.5 Å². The number of nitrogens with one attached hydrogen (secondary N) is 1. The van der Waals surface area contributed by atoms with Crippen molar-refractivity contribution in [3.05, 3.63) is 70.5 Å². The summed E-state index contributed by atoms with van der Waals surface area (Å²) in [5.41, 5.74) is 0.578. The monoisotopic (exact) mass is 384 g/mol. The SMILES string of the molecule is CS(=O)(=O)N(CCNC(=O)c1ccccc1F)Cc1ccccc1Cl. The Morgan fingerprint density at radius 1 is 1.16 bits per heavy atom. The Morgan fingerprint density at radius 2 is 1.80 bits per heavy atom. The molecular formula is C17H18ClFN2O3S. The lowest BCUT2D eigenvalue weighted by Gasteiger charge is -2.21. The molecule has 2 rings (SSSR count). The Labute approximate surface area is 151 Å². The fourth-order valence-corrected chi connectivity index (χ4v) is 3.21. The van der Waals surface area contributed by atoms with Crippen LogP contribution in [0.5, 0.6) is 0 Å². The number of hydrogen-bond donors (Lipinski definition) is 1. The molecule has 2 aromatic rings. The van der Waals surface area contributed by atoms with E-state index < -0.39 is 21.7 Å². The van der Waals surface area contributed by atoms with Crippen molar-refractivity contribution in [1.82, 2.24) is 9.62 Å². The maximum Gasteiger partial charge on any atom is 0.254 e. The lowest BCUT2D eigenvalue weighted by atomic mass is 10.2. The number of hydrogen-bond acceptors (Lipinski definition) is 3. The van der Waals surface area contributed by atoms with Gasteiger partial charge < -0.3 is 5.32 Å². The van der Waals surface area contributed by atoms with E-state index in [1.54, 1.807) is 30.3 Å². The molecule has 25 heavy (non-hydrogen) atoms. The molecule has 0 radical (unpaired) electrons. The average Bonchev–Trinajstić information content (AvgIpc) is 2.55. The normalized spacial score (nSPS) is 11.5. The van der Waals surface area contributed by atoms with Crippen molar-refractivity contribution in [2.75, 3.05) is 19.3 Å². The van der Waals surface area contributed by atoms with Gasteiger partial charge in [-0.05, 0) is 23.8 Å². The van der Waals surface area contributed by atoms with E-state index in [2.05, 4.69) is 5.32 Å². The molecule has 5 nitrogen and oxygen atoms in total. The van der Waals surface area contributed by atoms with E-state index in [-0.39, 0.29) is 25.2 Å². The summed E-state index contributed by atoms with van der Waals surface area (Å²) in [5.74, 6) is -1.22. The Balaban J connectivity index is 2.01. The van der Waals surface area contributed by atoms with Gasteiger partial charge in [0.1, 0.15) is 5.82 Å². The Hall–Kier alpha value is -1.96. The van der Waals surface area contributed by atoms with Crippen molar-refractivity contribution in [3.63, 3.8) is 0 Å². The van der Waals surface area contributed by atoms with Crippen molar-refractivity contribution in [3.8, 4) is 0 Å². The smallest absolute Gasteiger partial charge is 0.254 e. The first kappa shape index (κ1) is 19.4. The zero-order valence-corrected chi connectivity index (χ0v) is 15.1. The van der Waals surface area contributed by atoms with Crippen molar-refractivity contribution in [1.29, 1.82) is 0 Å². The summed E-state index contributed by atoms with van der Waals surface area (Å²) >= 11 is 6.07. The van der Waals surface area contributed by atoms with E-state index in [1.807, 2.05) is 0 Å². The summed E-state index contributed by atoms with van der Waals surface area (Å²) < 4.78 is 38.7. The van der Waals surface area contributed by atoms with Gasteiger partial charge >= 0.3 is 0 Å². The Kier molecular flexibility index (Phi) is 6.52. The summed E-state index contributed by atoms with van der Waals surface area (Å²) in [6.45, 7) is 0.184. The third-order valence-electron chi connectivity index (χ3n) is 3.54. The van der Waals surface area contributed by atoms with Crippen LogP contribution in [0, 0.1) is 5.82 Å². The van der Waals surface area contributed by atoms with Gasteiger partial charge in [0.05, 0.1) is 11.8 Å². The summed E-state index contributed by atoms with van der Waals surface area (Å²) in [6.07, 6.45) is 1.09. The number of carbonyl (C=O) groups excluding carboxylic acids is 1. The van der Waals surface area contributed by atoms with Crippen LogP contribution in [0.25, 0.3) is 0 Å². The highest BCUT2D eigenvalue weighted by Gasteiger charge is 2.19. The second-order valence-corrected chi connectivity index (χ2v) is 7.81. The molecule has 8 heteroatoms. The summed E-state index contributed by atoms with van der Waals surface area (Å²) in [5, 5.41) is 2.99. The minimum atomic E-state index is -3.50. The molecule has 0 fully saturated rings. The van der Waals surface area contributed by atoms with Crippen LogP contribution >= 0.6 is 11.6 Å². The average molecular weight is 385 g/mol. The molecule has 0 aromatic heterocycles. The van der Waals surface area contributed by atoms with Crippen molar-refractivity contribution in [2.45, 2.75) is 6.54 Å². The lowest BCUT2D eigenvalue weighted by molar-refractivity contribution is 0.0947. The molecular weight excluding hydrogens is 367 g/mol. The molecule has 0 aliphatic heterocycles. The van der Waals surface area contributed by atoms with Gasteiger partial charge in [-0.1, -0.05) is 41.9 Å². The van der Waals surface area contributed by atoms with Gasteiger partial charge in [-0.3, -0.25) is 4.79 Å². The number of halogens is 2. The van der Waals surface area contributed by atoms with Crippen molar-refractivity contribution in [2.24, 2.45) is 0 Å². The van der Waals surface area contributed by atoms with E-state index in [1.165, 1.54) is 22.5 Å². The van der Waals surface area contributed by atoms with E-state index in [4.69, 9.17) is 11.6 Å². The van der Waals surface area contributed by atoms with Crippen LogP contribution in [-0.4, -0.2) is 38.0 Å². The molecule has 1 amide bonds. The molecule has 2 aromatic carbocycles. The second kappa shape index (κ2) is 8.42. The summed E-state index contributed by atoms with van der Waals surface area (Å²) in [4.78, 5) is 12.0. The minimum Gasteiger partial charge on any atom is -0.351 e. The van der Waals surface area contributed by atoms with Crippen molar-refractivity contribution < 1.29 is 17.6 Å². The number of amides is 1. The number of carbonyl (C=O) groups is 1. The van der Waals surface area contributed by atoms with Crippen LogP contribution in [-0.2, 0) is 16.6 Å². The van der Waals surface area contributed by atoms with Crippen LogP contribution in [0.1, 0.15) is 15.9 Å². The van der Waals surface area contributed by atoms with Gasteiger partial charge in [0.15, 0.2) is 0 Å². The third kappa shape index (κ3) is 5.52. The number of rotatable bonds is 7. The number of nitrogens with zero attached hydrogens (tertiary/aromatic N) is 1. The standard InChI is InChI=1S/C17H18ClFN2O3S/c1-25(23,24)21(12-13-6-2-4-8-15(13)18)11-10-20-17(22)14-7-3-5-9-16(14)19/h2-9H,10-12H2,1H3,(H,20,22). The zero-order valence-electron chi connectivity index (χ0n) is 13.6.